The van der Waals surface area contributed by atoms with Crippen LogP contribution in [0.15, 0.2) is 0 Å². The summed E-state index contributed by atoms with van der Waals surface area (Å²) in [7, 11) is 0. The molecule has 18 heavy (non-hydrogen) atoms. The molecule has 1 heterocycles. The van der Waals surface area contributed by atoms with E-state index >= 15 is 0 Å². The maximum absolute atomic E-state index is 9.59. The molecule has 0 amide bonds. The highest BCUT2D eigenvalue weighted by Gasteiger charge is 2.25. The number of ether oxygens (including phenoxy) is 1. The fourth-order valence-corrected chi connectivity index (χ4v) is 2.67. The molecule has 0 aliphatic carbocycles. The Morgan fingerprint density at radius 3 is 2.78 bits per heavy atom. The van der Waals surface area contributed by atoms with Gasteiger partial charge in [0.1, 0.15) is 0 Å². The molecule has 1 unspecified atom stereocenters. The topological polar surface area (TPSA) is 44.7 Å². The van der Waals surface area contributed by atoms with E-state index in [-0.39, 0.29) is 12.1 Å². The lowest BCUT2D eigenvalue weighted by atomic mass is 9.91. The Morgan fingerprint density at radius 1 is 1.28 bits per heavy atom. The molecule has 1 aliphatic rings. The number of aliphatic hydroxyl groups is 1. The summed E-state index contributed by atoms with van der Waals surface area (Å²) in [4.78, 5) is 2.48. The number of hydrogen-bond acceptors (Lipinski definition) is 4. The number of aliphatic hydroxyl groups excluding tert-OH is 1. The van der Waals surface area contributed by atoms with Gasteiger partial charge in [-0.3, -0.25) is 0 Å². The van der Waals surface area contributed by atoms with E-state index in [2.05, 4.69) is 24.1 Å². The molecule has 0 bridgehead atoms. The molecule has 4 nitrogen and oxygen atoms in total. The van der Waals surface area contributed by atoms with Gasteiger partial charge in [0.2, 0.25) is 0 Å². The zero-order valence-electron chi connectivity index (χ0n) is 12.1. The van der Waals surface area contributed by atoms with Crippen LogP contribution in [-0.2, 0) is 4.74 Å². The number of nitrogens with one attached hydrogen (secondary N) is 1. The van der Waals surface area contributed by atoms with E-state index in [4.69, 9.17) is 4.74 Å². The number of likely N-dealkylation sites (N-methyl/N-ethyl adjacent to an activating group) is 1. The van der Waals surface area contributed by atoms with Crippen LogP contribution in [0.2, 0.25) is 0 Å². The van der Waals surface area contributed by atoms with Crippen LogP contribution >= 0.6 is 0 Å². The van der Waals surface area contributed by atoms with Crippen molar-refractivity contribution in [2.45, 2.75) is 45.1 Å². The van der Waals surface area contributed by atoms with Gasteiger partial charge in [-0.25, -0.2) is 0 Å². The molecule has 1 fully saturated rings. The molecule has 108 valence electrons. The second-order valence-electron chi connectivity index (χ2n) is 5.23. The van der Waals surface area contributed by atoms with Crippen molar-refractivity contribution < 1.29 is 9.84 Å². The highest BCUT2D eigenvalue weighted by atomic mass is 16.5. The first-order valence-electron chi connectivity index (χ1n) is 7.42. The lowest BCUT2D eigenvalue weighted by Crippen LogP contribution is -2.48. The van der Waals surface area contributed by atoms with Gasteiger partial charge >= 0.3 is 0 Å². The molecule has 0 saturated carbocycles. The average molecular weight is 258 g/mol. The Labute approximate surface area is 112 Å². The van der Waals surface area contributed by atoms with Crippen LogP contribution in [0.1, 0.15) is 39.5 Å². The molecule has 0 aromatic carbocycles. The minimum atomic E-state index is -0.0723. The van der Waals surface area contributed by atoms with Crippen molar-refractivity contribution in [3.63, 3.8) is 0 Å². The van der Waals surface area contributed by atoms with Crippen molar-refractivity contribution >= 4 is 0 Å². The first-order valence-corrected chi connectivity index (χ1v) is 7.42. The van der Waals surface area contributed by atoms with E-state index in [1.54, 1.807) is 0 Å². The fraction of sp³-hybridized carbons (Fsp3) is 1.00. The SMILES string of the molecule is CCNC(CC)(CO)CCCN1CCCOCC1. The Bertz CT molecular complexity index is 200. The van der Waals surface area contributed by atoms with E-state index in [1.807, 2.05) is 0 Å². The highest BCUT2D eigenvalue weighted by molar-refractivity contribution is 4.85. The molecule has 0 aromatic heterocycles. The summed E-state index contributed by atoms with van der Waals surface area (Å²) in [6.07, 6.45) is 4.32. The van der Waals surface area contributed by atoms with Crippen molar-refractivity contribution in [2.75, 3.05) is 46.0 Å². The van der Waals surface area contributed by atoms with E-state index < -0.39 is 0 Å². The van der Waals surface area contributed by atoms with Crippen molar-refractivity contribution in [3.05, 3.63) is 0 Å². The van der Waals surface area contributed by atoms with Gasteiger partial charge in [-0.15, -0.1) is 0 Å². The van der Waals surface area contributed by atoms with Gasteiger partial charge in [0.15, 0.2) is 0 Å². The second kappa shape index (κ2) is 8.86. The van der Waals surface area contributed by atoms with Crippen molar-refractivity contribution in [3.8, 4) is 0 Å². The van der Waals surface area contributed by atoms with Gasteiger partial charge in [-0.1, -0.05) is 13.8 Å². The molecule has 0 radical (unpaired) electrons. The van der Waals surface area contributed by atoms with Gasteiger partial charge in [-0.05, 0) is 38.8 Å². The summed E-state index contributed by atoms with van der Waals surface area (Å²) in [5, 5.41) is 13.0. The molecule has 2 N–H and O–H groups in total. The minimum absolute atomic E-state index is 0.0723. The van der Waals surface area contributed by atoms with Crippen molar-refractivity contribution in [1.29, 1.82) is 0 Å². The lowest BCUT2D eigenvalue weighted by Gasteiger charge is -2.32. The average Bonchev–Trinajstić information content (AvgIpc) is 2.66. The molecular weight excluding hydrogens is 228 g/mol. The van der Waals surface area contributed by atoms with E-state index in [1.165, 1.54) is 0 Å². The molecule has 1 saturated heterocycles. The van der Waals surface area contributed by atoms with Crippen LogP contribution < -0.4 is 5.32 Å². The summed E-state index contributed by atoms with van der Waals surface area (Å²) >= 11 is 0. The molecular formula is C14H30N2O2. The third-order valence-corrected chi connectivity index (χ3v) is 3.98. The van der Waals surface area contributed by atoms with Gasteiger partial charge in [0.25, 0.3) is 0 Å². The van der Waals surface area contributed by atoms with Crippen LogP contribution in [-0.4, -0.2) is 61.5 Å². The maximum Gasteiger partial charge on any atom is 0.0613 e. The summed E-state index contributed by atoms with van der Waals surface area (Å²) in [5.74, 6) is 0. The molecule has 0 spiro atoms. The number of rotatable bonds is 8. The zero-order valence-corrected chi connectivity index (χ0v) is 12.1. The predicted octanol–water partition coefficient (Wildman–Crippen LogP) is 1.24. The molecule has 0 aromatic rings. The quantitative estimate of drug-likeness (QED) is 0.687. The summed E-state index contributed by atoms with van der Waals surface area (Å²) in [6.45, 7) is 10.5. The van der Waals surface area contributed by atoms with Crippen LogP contribution in [0.3, 0.4) is 0 Å². The van der Waals surface area contributed by atoms with Gasteiger partial charge in [-0.2, -0.15) is 0 Å². The van der Waals surface area contributed by atoms with E-state index in [9.17, 15) is 5.11 Å². The first-order chi connectivity index (χ1) is 8.76. The molecule has 1 aliphatic heterocycles. The summed E-state index contributed by atoms with van der Waals surface area (Å²) in [6, 6.07) is 0. The third-order valence-electron chi connectivity index (χ3n) is 3.98. The van der Waals surface area contributed by atoms with Crippen molar-refractivity contribution in [2.24, 2.45) is 0 Å². The Kier molecular flexibility index (Phi) is 7.82. The molecule has 4 heteroatoms. The van der Waals surface area contributed by atoms with Crippen LogP contribution in [0.5, 0.6) is 0 Å². The molecule has 1 atom stereocenters. The second-order valence-corrected chi connectivity index (χ2v) is 5.23. The molecule has 1 rings (SSSR count). The smallest absolute Gasteiger partial charge is 0.0613 e. The largest absolute Gasteiger partial charge is 0.394 e. The standard InChI is InChI=1S/C14H30N2O2/c1-3-14(13-17,15-4-2)7-5-8-16-9-6-11-18-12-10-16/h15,17H,3-13H2,1-2H3. The summed E-state index contributed by atoms with van der Waals surface area (Å²) in [5.41, 5.74) is -0.0723. The maximum atomic E-state index is 9.59. The van der Waals surface area contributed by atoms with Gasteiger partial charge < -0.3 is 20.1 Å². The van der Waals surface area contributed by atoms with Crippen LogP contribution in [0, 0.1) is 0 Å². The Morgan fingerprint density at radius 2 is 2.11 bits per heavy atom. The van der Waals surface area contributed by atoms with Crippen molar-refractivity contribution in [1.82, 2.24) is 10.2 Å². The van der Waals surface area contributed by atoms with Gasteiger partial charge in [0, 0.05) is 25.2 Å². The van der Waals surface area contributed by atoms with E-state index in [0.29, 0.717) is 0 Å². The Hall–Kier alpha value is -0.160. The predicted molar refractivity (Wildman–Crippen MR) is 74.9 cm³/mol. The number of hydrogen-bond donors (Lipinski definition) is 2. The Balaban J connectivity index is 2.28. The number of nitrogens with zero attached hydrogens (tertiary/aromatic N) is 1. The lowest BCUT2D eigenvalue weighted by molar-refractivity contribution is 0.132. The van der Waals surface area contributed by atoms with E-state index in [0.717, 1.165) is 65.1 Å². The highest BCUT2D eigenvalue weighted by Crippen LogP contribution is 2.17. The third kappa shape index (κ3) is 5.22. The van der Waals surface area contributed by atoms with Gasteiger partial charge in [0.05, 0.1) is 13.2 Å². The normalized spacial score (nSPS) is 21.5. The fourth-order valence-electron chi connectivity index (χ4n) is 2.67. The zero-order chi connectivity index (χ0) is 13.3. The van der Waals surface area contributed by atoms with Crippen LogP contribution in [0.25, 0.3) is 0 Å². The minimum Gasteiger partial charge on any atom is -0.394 e. The first kappa shape index (κ1) is 15.9. The summed E-state index contributed by atoms with van der Waals surface area (Å²) < 4.78 is 5.46. The van der Waals surface area contributed by atoms with Crippen LogP contribution in [0.4, 0.5) is 0 Å². The monoisotopic (exact) mass is 258 g/mol.